The van der Waals surface area contributed by atoms with Gasteiger partial charge in [0.05, 0.1) is 0 Å². The smallest absolute Gasteiger partial charge is 0.0491 e. The minimum atomic E-state index is -0.226. The van der Waals surface area contributed by atoms with Crippen LogP contribution in [0.4, 0.5) is 0 Å². The second kappa shape index (κ2) is 5.06. The van der Waals surface area contributed by atoms with E-state index in [4.69, 9.17) is 5.73 Å². The molecule has 20 heavy (non-hydrogen) atoms. The first-order valence-corrected chi connectivity index (χ1v) is 7.52. The minimum Gasteiger partial charge on any atom is -0.321 e. The van der Waals surface area contributed by atoms with E-state index in [2.05, 4.69) is 62.4 Å². The van der Waals surface area contributed by atoms with Crippen molar-refractivity contribution in [2.45, 2.75) is 38.6 Å². The zero-order chi connectivity index (χ0) is 14.2. The average Bonchev–Trinajstić information content (AvgIpc) is 2.76. The van der Waals surface area contributed by atoms with Gasteiger partial charge in [0, 0.05) is 5.54 Å². The Kier molecular flexibility index (Phi) is 3.39. The van der Waals surface area contributed by atoms with Crippen LogP contribution in [-0.4, -0.2) is 0 Å². The Hall–Kier alpha value is -1.60. The summed E-state index contributed by atoms with van der Waals surface area (Å²) in [6.07, 6.45) is 3.03. The Bertz CT molecular complexity index is 588. The SMILES string of the molecule is CC(C)Cc1cccc(C2(N)Cc3ccccc3C2)c1. The molecule has 104 valence electrons. The summed E-state index contributed by atoms with van der Waals surface area (Å²) in [6.45, 7) is 4.52. The molecule has 2 aromatic carbocycles. The van der Waals surface area contributed by atoms with Crippen molar-refractivity contribution in [3.05, 3.63) is 70.8 Å². The molecule has 2 N–H and O–H groups in total. The Morgan fingerprint density at radius 3 is 2.25 bits per heavy atom. The summed E-state index contributed by atoms with van der Waals surface area (Å²) < 4.78 is 0. The number of nitrogens with two attached hydrogens (primary N) is 1. The van der Waals surface area contributed by atoms with Crippen molar-refractivity contribution in [2.75, 3.05) is 0 Å². The van der Waals surface area contributed by atoms with E-state index in [1.165, 1.54) is 22.3 Å². The number of fused-ring (bicyclic) bond motifs is 1. The Morgan fingerprint density at radius 2 is 1.65 bits per heavy atom. The highest BCUT2D eigenvalue weighted by molar-refractivity contribution is 5.42. The molecule has 1 nitrogen and oxygen atoms in total. The van der Waals surface area contributed by atoms with Gasteiger partial charge in [-0.2, -0.15) is 0 Å². The van der Waals surface area contributed by atoms with Crippen molar-refractivity contribution in [3.8, 4) is 0 Å². The predicted molar refractivity (Wildman–Crippen MR) is 84.7 cm³/mol. The van der Waals surface area contributed by atoms with E-state index in [9.17, 15) is 0 Å². The van der Waals surface area contributed by atoms with E-state index >= 15 is 0 Å². The lowest BCUT2D eigenvalue weighted by atomic mass is 9.86. The molecule has 0 spiro atoms. The number of hydrogen-bond donors (Lipinski definition) is 1. The third kappa shape index (κ3) is 2.51. The van der Waals surface area contributed by atoms with Crippen molar-refractivity contribution >= 4 is 0 Å². The highest BCUT2D eigenvalue weighted by Gasteiger charge is 2.34. The van der Waals surface area contributed by atoms with E-state index in [-0.39, 0.29) is 5.54 Å². The van der Waals surface area contributed by atoms with E-state index < -0.39 is 0 Å². The van der Waals surface area contributed by atoms with Crippen LogP contribution < -0.4 is 5.73 Å². The number of rotatable bonds is 3. The zero-order valence-electron chi connectivity index (χ0n) is 12.4. The van der Waals surface area contributed by atoms with Crippen molar-refractivity contribution in [3.63, 3.8) is 0 Å². The third-order valence-corrected chi connectivity index (χ3v) is 4.28. The second-order valence-electron chi connectivity index (χ2n) is 6.58. The summed E-state index contributed by atoms with van der Waals surface area (Å²) >= 11 is 0. The first kappa shape index (κ1) is 13.4. The molecule has 0 aromatic heterocycles. The molecule has 1 aliphatic carbocycles. The fourth-order valence-electron chi connectivity index (χ4n) is 3.33. The van der Waals surface area contributed by atoms with Gasteiger partial charge in [-0.15, -0.1) is 0 Å². The maximum Gasteiger partial charge on any atom is 0.0491 e. The van der Waals surface area contributed by atoms with Crippen LogP contribution in [0.25, 0.3) is 0 Å². The first-order chi connectivity index (χ1) is 9.57. The largest absolute Gasteiger partial charge is 0.321 e. The van der Waals surface area contributed by atoms with Crippen LogP contribution in [0, 0.1) is 5.92 Å². The van der Waals surface area contributed by atoms with Gasteiger partial charge in [0.25, 0.3) is 0 Å². The molecule has 0 unspecified atom stereocenters. The van der Waals surface area contributed by atoms with Crippen LogP contribution in [0.5, 0.6) is 0 Å². The average molecular weight is 265 g/mol. The molecule has 1 heteroatoms. The summed E-state index contributed by atoms with van der Waals surface area (Å²) in [4.78, 5) is 0. The molecular formula is C19H23N. The quantitative estimate of drug-likeness (QED) is 0.896. The summed E-state index contributed by atoms with van der Waals surface area (Å²) in [5.41, 5.74) is 12.0. The first-order valence-electron chi connectivity index (χ1n) is 7.52. The van der Waals surface area contributed by atoms with E-state index in [0.717, 1.165) is 19.3 Å². The fourth-order valence-corrected chi connectivity index (χ4v) is 3.33. The maximum atomic E-state index is 6.73. The Balaban J connectivity index is 1.90. The van der Waals surface area contributed by atoms with Crippen LogP contribution in [0.2, 0.25) is 0 Å². The molecule has 0 amide bonds. The fraction of sp³-hybridized carbons (Fsp3) is 0.368. The zero-order valence-corrected chi connectivity index (χ0v) is 12.4. The molecule has 2 aromatic rings. The number of benzene rings is 2. The summed E-state index contributed by atoms with van der Waals surface area (Å²) in [6, 6.07) is 17.5. The van der Waals surface area contributed by atoms with E-state index in [0.29, 0.717) is 5.92 Å². The molecule has 0 aliphatic heterocycles. The normalized spacial score (nSPS) is 16.4. The van der Waals surface area contributed by atoms with Crippen molar-refractivity contribution in [1.29, 1.82) is 0 Å². The van der Waals surface area contributed by atoms with Crippen molar-refractivity contribution in [2.24, 2.45) is 11.7 Å². The molecule has 0 saturated heterocycles. The minimum absolute atomic E-state index is 0.226. The molecule has 3 rings (SSSR count). The summed E-state index contributed by atoms with van der Waals surface area (Å²) in [5, 5.41) is 0. The number of hydrogen-bond acceptors (Lipinski definition) is 1. The Labute approximate surface area is 121 Å². The summed E-state index contributed by atoms with van der Waals surface area (Å²) in [7, 11) is 0. The van der Waals surface area contributed by atoms with Crippen LogP contribution in [0.3, 0.4) is 0 Å². The van der Waals surface area contributed by atoms with E-state index in [1.54, 1.807) is 0 Å². The summed E-state index contributed by atoms with van der Waals surface area (Å²) in [5.74, 6) is 0.680. The Morgan fingerprint density at radius 1 is 1.00 bits per heavy atom. The standard InChI is InChI=1S/C19H23N/c1-14(2)10-15-6-5-9-18(11-15)19(20)12-16-7-3-4-8-17(16)13-19/h3-9,11,14H,10,12-13,20H2,1-2H3. The third-order valence-electron chi connectivity index (χ3n) is 4.28. The topological polar surface area (TPSA) is 26.0 Å². The van der Waals surface area contributed by atoms with Crippen molar-refractivity contribution < 1.29 is 0 Å². The van der Waals surface area contributed by atoms with Crippen LogP contribution in [0.1, 0.15) is 36.1 Å². The molecule has 0 atom stereocenters. The van der Waals surface area contributed by atoms with Gasteiger partial charge in [0.15, 0.2) is 0 Å². The van der Waals surface area contributed by atoms with E-state index in [1.807, 2.05) is 0 Å². The highest BCUT2D eigenvalue weighted by Crippen LogP contribution is 2.36. The van der Waals surface area contributed by atoms with Gasteiger partial charge in [-0.1, -0.05) is 62.4 Å². The van der Waals surface area contributed by atoms with Crippen LogP contribution in [-0.2, 0) is 24.8 Å². The van der Waals surface area contributed by atoms with Gasteiger partial charge >= 0.3 is 0 Å². The van der Waals surface area contributed by atoms with Gasteiger partial charge in [-0.05, 0) is 47.4 Å². The van der Waals surface area contributed by atoms with Gasteiger partial charge in [-0.25, -0.2) is 0 Å². The lowest BCUT2D eigenvalue weighted by Gasteiger charge is -2.25. The second-order valence-corrected chi connectivity index (χ2v) is 6.58. The molecule has 1 aliphatic rings. The van der Waals surface area contributed by atoms with Crippen molar-refractivity contribution in [1.82, 2.24) is 0 Å². The lowest BCUT2D eigenvalue weighted by molar-refractivity contribution is 0.472. The van der Waals surface area contributed by atoms with Gasteiger partial charge in [-0.3, -0.25) is 0 Å². The van der Waals surface area contributed by atoms with Gasteiger partial charge < -0.3 is 5.73 Å². The molecule has 0 bridgehead atoms. The van der Waals surface area contributed by atoms with Gasteiger partial charge in [0.2, 0.25) is 0 Å². The molecule has 0 fully saturated rings. The van der Waals surface area contributed by atoms with Crippen LogP contribution >= 0.6 is 0 Å². The van der Waals surface area contributed by atoms with Gasteiger partial charge in [0.1, 0.15) is 0 Å². The molecular weight excluding hydrogens is 242 g/mol. The monoisotopic (exact) mass is 265 g/mol. The highest BCUT2D eigenvalue weighted by atomic mass is 14.8. The molecule has 0 saturated carbocycles. The molecule has 0 radical (unpaired) electrons. The van der Waals surface area contributed by atoms with Crippen LogP contribution in [0.15, 0.2) is 48.5 Å². The maximum absolute atomic E-state index is 6.73. The lowest BCUT2D eigenvalue weighted by Crippen LogP contribution is -2.37. The predicted octanol–water partition coefficient (Wildman–Crippen LogP) is 3.84. The molecule has 0 heterocycles.